The van der Waals surface area contributed by atoms with Gasteiger partial charge in [-0.25, -0.2) is 15.0 Å². The normalized spacial score (nSPS) is 31.1. The van der Waals surface area contributed by atoms with Crippen LogP contribution in [0.15, 0.2) is 12.7 Å². The molecule has 9 nitrogen and oxygen atoms in total. The van der Waals surface area contributed by atoms with Crippen LogP contribution in [0.25, 0.3) is 11.2 Å². The fourth-order valence-corrected chi connectivity index (χ4v) is 2.17. The zero-order chi connectivity index (χ0) is 13.6. The molecule has 0 aliphatic carbocycles. The van der Waals surface area contributed by atoms with Gasteiger partial charge in [0.1, 0.15) is 30.2 Å². The first kappa shape index (κ1) is 12.2. The molecule has 1 fully saturated rings. The van der Waals surface area contributed by atoms with Crippen LogP contribution in [0.1, 0.15) is 6.23 Å². The standard InChI is InChI=1S/C10H13N5O4/c11-8-5-9(13-2-12-8)15(3-14-5)10-7(18)6(17)4(1-16)19-10/h2-4,6-7,10,16-18H,1H2,(H2,11,12,13)/t4-,6+,7+,10+/m1/s1. The Kier molecular flexibility index (Phi) is 2.82. The number of hydrogen-bond donors (Lipinski definition) is 4. The second-order valence-corrected chi connectivity index (χ2v) is 4.31. The Morgan fingerprint density at radius 3 is 2.74 bits per heavy atom. The largest absolute Gasteiger partial charge is 0.394 e. The minimum absolute atomic E-state index is 0.218. The van der Waals surface area contributed by atoms with Crippen LogP contribution in [0.5, 0.6) is 0 Å². The van der Waals surface area contributed by atoms with Crippen molar-refractivity contribution >= 4 is 17.0 Å². The molecule has 0 amide bonds. The Bertz CT molecular complexity index is 603. The highest BCUT2D eigenvalue weighted by atomic mass is 16.6. The van der Waals surface area contributed by atoms with Crippen LogP contribution in [-0.2, 0) is 4.74 Å². The van der Waals surface area contributed by atoms with Crippen molar-refractivity contribution in [3.8, 4) is 0 Å². The maximum atomic E-state index is 9.95. The van der Waals surface area contributed by atoms with E-state index < -0.39 is 31.1 Å². The first-order chi connectivity index (χ1) is 9.13. The predicted molar refractivity (Wildman–Crippen MR) is 62.7 cm³/mol. The van der Waals surface area contributed by atoms with Crippen molar-refractivity contribution in [3.05, 3.63) is 12.7 Å². The molecule has 0 radical (unpaired) electrons. The zero-order valence-electron chi connectivity index (χ0n) is 9.79. The number of ether oxygens (including phenoxy) is 1. The molecule has 0 saturated carbocycles. The van der Waals surface area contributed by atoms with E-state index in [1.165, 1.54) is 17.2 Å². The molecule has 1 saturated heterocycles. The third kappa shape index (κ3) is 1.75. The van der Waals surface area contributed by atoms with Gasteiger partial charge in [0.05, 0.1) is 12.9 Å². The summed E-state index contributed by atoms with van der Waals surface area (Å²) in [6.45, 7) is -0.390. The molecule has 1 aliphatic heterocycles. The first-order valence-corrected chi connectivity index (χ1v) is 5.69. The Hall–Kier alpha value is -1.81. The van der Waals surface area contributed by atoms with Crippen LogP contribution >= 0.6 is 0 Å². The van der Waals surface area contributed by atoms with Crippen molar-refractivity contribution in [2.45, 2.75) is 24.5 Å². The molecule has 0 aromatic carbocycles. The lowest BCUT2D eigenvalue weighted by Gasteiger charge is -2.16. The highest BCUT2D eigenvalue weighted by Gasteiger charge is 2.43. The highest BCUT2D eigenvalue weighted by molar-refractivity contribution is 5.81. The Balaban J connectivity index is 2.04. The highest BCUT2D eigenvalue weighted by Crippen LogP contribution is 2.31. The van der Waals surface area contributed by atoms with Crippen molar-refractivity contribution in [1.29, 1.82) is 0 Å². The summed E-state index contributed by atoms with van der Waals surface area (Å²) in [6.07, 6.45) is -1.42. The number of imidazole rings is 1. The smallest absolute Gasteiger partial charge is 0.167 e. The zero-order valence-corrected chi connectivity index (χ0v) is 9.79. The number of aromatic nitrogens is 4. The average molecular weight is 267 g/mol. The molecular weight excluding hydrogens is 254 g/mol. The van der Waals surface area contributed by atoms with Crippen LogP contribution < -0.4 is 5.73 Å². The molecule has 102 valence electrons. The average Bonchev–Trinajstić information content (AvgIpc) is 2.94. The molecular formula is C10H13N5O4. The molecule has 4 atom stereocenters. The molecule has 3 heterocycles. The maximum absolute atomic E-state index is 9.95. The van der Waals surface area contributed by atoms with E-state index in [-0.39, 0.29) is 5.82 Å². The van der Waals surface area contributed by atoms with Gasteiger partial charge in [0.25, 0.3) is 0 Å². The SMILES string of the molecule is Nc1ncnc2c1ncn2[C@H]1O[C@H](CO)[C@H](O)[C@@H]1O. The summed E-state index contributed by atoms with van der Waals surface area (Å²) in [5, 5.41) is 28.7. The summed E-state index contributed by atoms with van der Waals surface area (Å²) >= 11 is 0. The Morgan fingerprint density at radius 1 is 1.26 bits per heavy atom. The number of nitrogens with two attached hydrogens (primary N) is 1. The third-order valence-corrected chi connectivity index (χ3v) is 3.18. The van der Waals surface area contributed by atoms with E-state index in [0.29, 0.717) is 11.2 Å². The van der Waals surface area contributed by atoms with Crippen molar-refractivity contribution in [1.82, 2.24) is 19.5 Å². The summed E-state index contributed by atoms with van der Waals surface area (Å²) in [5.41, 5.74) is 6.44. The monoisotopic (exact) mass is 267 g/mol. The summed E-state index contributed by atoms with van der Waals surface area (Å²) in [7, 11) is 0. The molecule has 9 heteroatoms. The molecule has 0 bridgehead atoms. The molecule has 1 aliphatic rings. The molecule has 2 aromatic rings. The fraction of sp³-hybridized carbons (Fsp3) is 0.500. The van der Waals surface area contributed by atoms with Gasteiger partial charge in [-0.05, 0) is 0 Å². The quantitative estimate of drug-likeness (QED) is 0.491. The lowest BCUT2D eigenvalue weighted by atomic mass is 10.1. The predicted octanol–water partition coefficient (Wildman–Crippen LogP) is -1.98. The number of anilines is 1. The van der Waals surface area contributed by atoms with Gasteiger partial charge in [-0.3, -0.25) is 4.57 Å². The van der Waals surface area contributed by atoms with Gasteiger partial charge in [-0.2, -0.15) is 0 Å². The van der Waals surface area contributed by atoms with Gasteiger partial charge < -0.3 is 25.8 Å². The number of fused-ring (bicyclic) bond motifs is 1. The number of rotatable bonds is 2. The summed E-state index contributed by atoms with van der Waals surface area (Å²) in [4.78, 5) is 11.9. The van der Waals surface area contributed by atoms with Gasteiger partial charge in [0.2, 0.25) is 0 Å². The molecule has 5 N–H and O–H groups in total. The number of aliphatic hydroxyl groups is 3. The maximum Gasteiger partial charge on any atom is 0.167 e. The number of nitrogens with zero attached hydrogens (tertiary/aromatic N) is 4. The lowest BCUT2D eigenvalue weighted by Crippen LogP contribution is -2.33. The molecule has 3 rings (SSSR count). The molecule has 2 aromatic heterocycles. The molecule has 19 heavy (non-hydrogen) atoms. The topological polar surface area (TPSA) is 140 Å². The van der Waals surface area contributed by atoms with Crippen LogP contribution in [0, 0.1) is 0 Å². The second-order valence-electron chi connectivity index (χ2n) is 4.31. The van der Waals surface area contributed by atoms with Crippen molar-refractivity contribution in [3.63, 3.8) is 0 Å². The Morgan fingerprint density at radius 2 is 2.05 bits per heavy atom. The van der Waals surface area contributed by atoms with Gasteiger partial charge in [-0.1, -0.05) is 0 Å². The van der Waals surface area contributed by atoms with Crippen molar-refractivity contribution < 1.29 is 20.1 Å². The van der Waals surface area contributed by atoms with Crippen LogP contribution in [0.4, 0.5) is 5.82 Å². The number of aliphatic hydroxyl groups excluding tert-OH is 3. The van der Waals surface area contributed by atoms with Crippen LogP contribution in [0.2, 0.25) is 0 Å². The van der Waals surface area contributed by atoms with Crippen molar-refractivity contribution in [2.24, 2.45) is 0 Å². The van der Waals surface area contributed by atoms with Gasteiger partial charge >= 0.3 is 0 Å². The fourth-order valence-electron chi connectivity index (χ4n) is 2.17. The summed E-state index contributed by atoms with van der Waals surface area (Å²) < 4.78 is 6.85. The van der Waals surface area contributed by atoms with E-state index in [1.54, 1.807) is 0 Å². The number of hydrogen-bond acceptors (Lipinski definition) is 8. The van der Waals surface area contributed by atoms with E-state index in [2.05, 4.69) is 15.0 Å². The Labute approximate surface area is 107 Å². The van der Waals surface area contributed by atoms with Crippen molar-refractivity contribution in [2.75, 3.05) is 12.3 Å². The van der Waals surface area contributed by atoms with E-state index in [0.717, 1.165) is 0 Å². The van der Waals surface area contributed by atoms with Crippen LogP contribution in [-0.4, -0.2) is 59.8 Å². The second kappa shape index (κ2) is 4.38. The molecule has 0 unspecified atom stereocenters. The van der Waals surface area contributed by atoms with Gasteiger partial charge in [0, 0.05) is 0 Å². The first-order valence-electron chi connectivity index (χ1n) is 5.69. The van der Waals surface area contributed by atoms with E-state index in [1.807, 2.05) is 0 Å². The minimum atomic E-state index is -1.19. The number of nitrogen functional groups attached to an aromatic ring is 1. The molecule has 0 spiro atoms. The van der Waals surface area contributed by atoms with Gasteiger partial charge in [-0.15, -0.1) is 0 Å². The summed E-state index contributed by atoms with van der Waals surface area (Å²) in [6, 6.07) is 0. The third-order valence-electron chi connectivity index (χ3n) is 3.18. The van der Waals surface area contributed by atoms with Gasteiger partial charge in [0.15, 0.2) is 17.7 Å². The van der Waals surface area contributed by atoms with E-state index >= 15 is 0 Å². The van der Waals surface area contributed by atoms with E-state index in [9.17, 15) is 10.2 Å². The lowest BCUT2D eigenvalue weighted by molar-refractivity contribution is -0.0511. The minimum Gasteiger partial charge on any atom is -0.394 e. The van der Waals surface area contributed by atoms with Crippen LogP contribution in [0.3, 0.4) is 0 Å². The van der Waals surface area contributed by atoms with E-state index in [4.69, 9.17) is 15.6 Å². The summed E-state index contributed by atoms with van der Waals surface area (Å²) in [5.74, 6) is 0.218.